The number of hydrogen-bond donors (Lipinski definition) is 1. The van der Waals surface area contributed by atoms with E-state index in [-0.39, 0.29) is 5.82 Å². The fraction of sp³-hybridized carbons (Fsp3) is 0.364. The molecule has 0 aromatic heterocycles. The third-order valence-electron chi connectivity index (χ3n) is 2.22. The van der Waals surface area contributed by atoms with Gasteiger partial charge in [-0.05, 0) is 40.0 Å². The van der Waals surface area contributed by atoms with Crippen LogP contribution < -0.4 is 5.32 Å². The van der Waals surface area contributed by atoms with Crippen molar-refractivity contribution in [3.05, 3.63) is 28.5 Å². The van der Waals surface area contributed by atoms with Crippen LogP contribution in [0.5, 0.6) is 0 Å². The molecule has 0 saturated carbocycles. The first-order valence-electron chi connectivity index (χ1n) is 5.04. The van der Waals surface area contributed by atoms with Crippen molar-refractivity contribution in [3.63, 3.8) is 0 Å². The minimum atomic E-state index is -0.264. The van der Waals surface area contributed by atoms with Gasteiger partial charge in [-0.25, -0.2) is 4.39 Å². The Morgan fingerprint density at radius 2 is 2.38 bits per heavy atom. The lowest BCUT2D eigenvalue weighted by Crippen LogP contribution is -2.18. The first-order valence-corrected chi connectivity index (χ1v) is 6.82. The Hall–Kier alpha value is -0.550. The summed E-state index contributed by atoms with van der Waals surface area (Å²) in [7, 11) is 0. The standard InChI is InChI=1S/C11H12BrFN2S/c1-7-5-14-11(16-6-7)15-8-2-3-9(12)10(13)4-8/h2-4,7H,5-6H2,1H3,(H,14,15). The second kappa shape index (κ2) is 5.19. The molecule has 5 heteroatoms. The van der Waals surface area contributed by atoms with Gasteiger partial charge in [0.2, 0.25) is 0 Å². The fourth-order valence-electron chi connectivity index (χ4n) is 1.33. The lowest BCUT2D eigenvalue weighted by molar-refractivity contribution is 0.622. The van der Waals surface area contributed by atoms with Gasteiger partial charge in [0, 0.05) is 18.0 Å². The maximum absolute atomic E-state index is 13.3. The molecule has 0 spiro atoms. The Balaban J connectivity index is 2.06. The lowest BCUT2D eigenvalue weighted by atomic mass is 10.2. The van der Waals surface area contributed by atoms with Gasteiger partial charge in [0.05, 0.1) is 4.47 Å². The average Bonchev–Trinajstić information content (AvgIpc) is 2.27. The molecule has 2 rings (SSSR count). The highest BCUT2D eigenvalue weighted by Crippen LogP contribution is 2.22. The molecule has 86 valence electrons. The summed E-state index contributed by atoms with van der Waals surface area (Å²) in [5, 5.41) is 4.00. The largest absolute Gasteiger partial charge is 0.335 e. The van der Waals surface area contributed by atoms with Crippen LogP contribution in [0, 0.1) is 11.7 Å². The highest BCUT2D eigenvalue weighted by atomic mass is 79.9. The van der Waals surface area contributed by atoms with E-state index in [1.807, 2.05) is 6.07 Å². The number of amidine groups is 1. The van der Waals surface area contributed by atoms with Gasteiger partial charge >= 0.3 is 0 Å². The molecule has 16 heavy (non-hydrogen) atoms. The molecule has 1 aromatic rings. The summed E-state index contributed by atoms with van der Waals surface area (Å²) in [6.07, 6.45) is 0. The Kier molecular flexibility index (Phi) is 3.86. The van der Waals surface area contributed by atoms with Crippen molar-refractivity contribution in [2.75, 3.05) is 17.6 Å². The molecule has 1 N–H and O–H groups in total. The van der Waals surface area contributed by atoms with Crippen molar-refractivity contribution in [2.24, 2.45) is 10.9 Å². The van der Waals surface area contributed by atoms with Gasteiger partial charge in [-0.3, -0.25) is 4.99 Å². The van der Waals surface area contributed by atoms with Crippen LogP contribution in [0.3, 0.4) is 0 Å². The summed E-state index contributed by atoms with van der Waals surface area (Å²) < 4.78 is 13.7. The first-order chi connectivity index (χ1) is 7.65. The predicted molar refractivity (Wildman–Crippen MR) is 71.6 cm³/mol. The smallest absolute Gasteiger partial charge is 0.161 e. The van der Waals surface area contributed by atoms with Crippen molar-refractivity contribution in [1.82, 2.24) is 0 Å². The van der Waals surface area contributed by atoms with E-state index in [0.29, 0.717) is 10.4 Å². The molecule has 1 aliphatic rings. The van der Waals surface area contributed by atoms with Crippen LogP contribution in [0.15, 0.2) is 27.7 Å². The second-order valence-corrected chi connectivity index (χ2v) is 5.68. The summed E-state index contributed by atoms with van der Waals surface area (Å²) >= 11 is 4.81. The monoisotopic (exact) mass is 302 g/mol. The number of benzene rings is 1. The molecule has 1 atom stereocenters. The number of aliphatic imine (C=N–C) groups is 1. The van der Waals surface area contributed by atoms with E-state index in [0.717, 1.165) is 23.2 Å². The van der Waals surface area contributed by atoms with Gasteiger partial charge in [-0.15, -0.1) is 0 Å². The molecule has 0 bridgehead atoms. The van der Waals surface area contributed by atoms with Crippen LogP contribution in [0.2, 0.25) is 0 Å². The van der Waals surface area contributed by atoms with Crippen molar-refractivity contribution in [3.8, 4) is 0 Å². The molecular weight excluding hydrogens is 291 g/mol. The third kappa shape index (κ3) is 2.98. The summed E-state index contributed by atoms with van der Waals surface area (Å²) in [6, 6.07) is 4.98. The number of thioether (sulfide) groups is 1. The van der Waals surface area contributed by atoms with E-state index in [9.17, 15) is 4.39 Å². The van der Waals surface area contributed by atoms with Gasteiger partial charge in [-0.2, -0.15) is 0 Å². The summed E-state index contributed by atoms with van der Waals surface area (Å²) in [5.74, 6) is 1.42. The Labute approximate surface area is 107 Å². The molecule has 1 unspecified atom stereocenters. The summed E-state index contributed by atoms with van der Waals surface area (Å²) in [4.78, 5) is 4.39. The number of anilines is 1. The molecule has 0 radical (unpaired) electrons. The molecule has 1 aromatic carbocycles. The SMILES string of the molecule is CC1CN=C(Nc2ccc(Br)c(F)c2)SC1. The van der Waals surface area contributed by atoms with Crippen LogP contribution in [-0.2, 0) is 0 Å². The Morgan fingerprint density at radius 1 is 1.56 bits per heavy atom. The third-order valence-corrected chi connectivity index (χ3v) is 4.11. The predicted octanol–water partition coefficient (Wildman–Crippen LogP) is 3.74. The molecule has 0 amide bonds. The van der Waals surface area contributed by atoms with Gasteiger partial charge in [0.25, 0.3) is 0 Å². The average molecular weight is 303 g/mol. The van der Waals surface area contributed by atoms with Crippen LogP contribution in [0.4, 0.5) is 10.1 Å². The van der Waals surface area contributed by atoms with Gasteiger partial charge in [-0.1, -0.05) is 18.7 Å². The summed E-state index contributed by atoms with van der Waals surface area (Å²) in [5.41, 5.74) is 0.738. The van der Waals surface area contributed by atoms with Crippen LogP contribution in [0.1, 0.15) is 6.92 Å². The molecule has 1 heterocycles. The zero-order valence-electron chi connectivity index (χ0n) is 8.84. The lowest BCUT2D eigenvalue weighted by Gasteiger charge is -2.17. The Morgan fingerprint density at radius 3 is 3.00 bits per heavy atom. The highest BCUT2D eigenvalue weighted by Gasteiger charge is 2.12. The minimum absolute atomic E-state index is 0.264. The number of rotatable bonds is 1. The fourth-order valence-corrected chi connectivity index (χ4v) is 2.48. The highest BCUT2D eigenvalue weighted by molar-refractivity contribution is 9.10. The Bertz CT molecular complexity index is 422. The molecule has 0 saturated heterocycles. The normalized spacial score (nSPS) is 20.4. The molecule has 1 aliphatic heterocycles. The minimum Gasteiger partial charge on any atom is -0.335 e. The van der Waals surface area contributed by atoms with Crippen molar-refractivity contribution in [1.29, 1.82) is 0 Å². The van der Waals surface area contributed by atoms with Gasteiger partial charge in [0.1, 0.15) is 5.82 Å². The zero-order chi connectivity index (χ0) is 11.5. The van der Waals surface area contributed by atoms with E-state index in [4.69, 9.17) is 0 Å². The maximum atomic E-state index is 13.3. The van der Waals surface area contributed by atoms with E-state index < -0.39 is 0 Å². The zero-order valence-corrected chi connectivity index (χ0v) is 11.2. The molecule has 0 aliphatic carbocycles. The van der Waals surface area contributed by atoms with Crippen LogP contribution in [0.25, 0.3) is 0 Å². The van der Waals surface area contributed by atoms with Gasteiger partial charge < -0.3 is 5.32 Å². The number of nitrogens with one attached hydrogen (secondary N) is 1. The maximum Gasteiger partial charge on any atom is 0.161 e. The topological polar surface area (TPSA) is 24.4 Å². The number of hydrogen-bond acceptors (Lipinski definition) is 3. The molecule has 0 fully saturated rings. The van der Waals surface area contributed by atoms with E-state index in [1.54, 1.807) is 17.8 Å². The molecular formula is C11H12BrFN2S. The van der Waals surface area contributed by atoms with Crippen molar-refractivity contribution < 1.29 is 4.39 Å². The second-order valence-electron chi connectivity index (χ2n) is 3.82. The van der Waals surface area contributed by atoms with E-state index in [1.165, 1.54) is 6.07 Å². The quantitative estimate of drug-likeness (QED) is 0.854. The van der Waals surface area contributed by atoms with Crippen molar-refractivity contribution >= 4 is 38.5 Å². The van der Waals surface area contributed by atoms with Crippen LogP contribution in [-0.4, -0.2) is 17.5 Å². The van der Waals surface area contributed by atoms with Gasteiger partial charge in [0.15, 0.2) is 5.17 Å². The van der Waals surface area contributed by atoms with Crippen molar-refractivity contribution in [2.45, 2.75) is 6.92 Å². The molecule has 2 nitrogen and oxygen atoms in total. The first kappa shape index (κ1) is 11.9. The summed E-state index contributed by atoms with van der Waals surface area (Å²) in [6.45, 7) is 3.01. The number of nitrogens with zero attached hydrogens (tertiary/aromatic N) is 1. The van der Waals surface area contributed by atoms with E-state index >= 15 is 0 Å². The number of halogens is 2. The van der Waals surface area contributed by atoms with Crippen LogP contribution >= 0.6 is 27.7 Å². The van der Waals surface area contributed by atoms with E-state index in [2.05, 4.69) is 33.2 Å².